The standard InChI is InChI=1S/C23H26N6O4/c1-22(2,3)33-20(30)27-12-18-19(13-27)23(18,14-24)15-4-6-16(7-5-15)29-11-17(32-21(29)31)10-28-9-8-25-26-28/h4-9,17-19H,10-13H2,1-3H3/t17-,18-,19+,23?/m0/s1. The number of benzene rings is 1. The maximum Gasteiger partial charge on any atom is 0.414 e. The van der Waals surface area contributed by atoms with Gasteiger partial charge in [0.1, 0.15) is 11.7 Å². The van der Waals surface area contributed by atoms with Crippen molar-refractivity contribution in [1.29, 1.82) is 5.26 Å². The number of aromatic nitrogens is 3. The number of anilines is 1. The Morgan fingerprint density at radius 2 is 1.94 bits per heavy atom. The maximum atomic E-state index is 12.4. The Morgan fingerprint density at radius 3 is 2.52 bits per heavy atom. The van der Waals surface area contributed by atoms with Crippen LogP contribution in [0, 0.1) is 23.2 Å². The van der Waals surface area contributed by atoms with Crippen molar-refractivity contribution in [1.82, 2.24) is 19.9 Å². The fourth-order valence-corrected chi connectivity index (χ4v) is 5.05. The minimum absolute atomic E-state index is 0.0877. The zero-order chi connectivity index (χ0) is 23.4. The van der Waals surface area contributed by atoms with Gasteiger partial charge in [0.25, 0.3) is 0 Å². The molecule has 3 fully saturated rings. The van der Waals surface area contributed by atoms with Crippen LogP contribution in [0.3, 0.4) is 0 Å². The number of hydrogen-bond donors (Lipinski definition) is 0. The molecule has 1 aromatic carbocycles. The van der Waals surface area contributed by atoms with Crippen molar-refractivity contribution in [2.45, 2.75) is 44.4 Å². The Hall–Kier alpha value is -3.61. The van der Waals surface area contributed by atoms with Gasteiger partial charge in [0, 0.05) is 36.8 Å². The van der Waals surface area contributed by atoms with Gasteiger partial charge in [0.15, 0.2) is 0 Å². The number of carbonyl (C=O) groups is 2. The van der Waals surface area contributed by atoms with Gasteiger partial charge in [-0.05, 0) is 38.5 Å². The van der Waals surface area contributed by atoms with E-state index in [0.717, 1.165) is 11.3 Å². The fraction of sp³-hybridized carbons (Fsp3) is 0.522. The van der Waals surface area contributed by atoms with Crippen molar-refractivity contribution >= 4 is 17.9 Å². The molecule has 5 rings (SSSR count). The van der Waals surface area contributed by atoms with Crippen LogP contribution in [0.1, 0.15) is 26.3 Å². The number of amides is 2. The topological polar surface area (TPSA) is 114 Å². The van der Waals surface area contributed by atoms with E-state index in [1.54, 1.807) is 26.9 Å². The van der Waals surface area contributed by atoms with E-state index >= 15 is 0 Å². The van der Waals surface area contributed by atoms with Gasteiger partial charge in [-0.15, -0.1) is 5.10 Å². The molecule has 2 saturated heterocycles. The average Bonchev–Trinajstić information content (AvgIpc) is 3.27. The predicted molar refractivity (Wildman–Crippen MR) is 116 cm³/mol. The van der Waals surface area contributed by atoms with Gasteiger partial charge in [-0.1, -0.05) is 17.3 Å². The third kappa shape index (κ3) is 3.67. The molecular weight excluding hydrogens is 424 g/mol. The van der Waals surface area contributed by atoms with Crippen LogP contribution < -0.4 is 4.90 Å². The molecule has 10 heteroatoms. The first-order valence-electron chi connectivity index (χ1n) is 11.0. The fourth-order valence-electron chi connectivity index (χ4n) is 5.05. The summed E-state index contributed by atoms with van der Waals surface area (Å²) in [6, 6.07) is 10.0. The van der Waals surface area contributed by atoms with E-state index in [4.69, 9.17) is 9.47 Å². The molecule has 0 radical (unpaired) electrons. The molecule has 1 saturated carbocycles. The minimum Gasteiger partial charge on any atom is -0.444 e. The molecule has 3 aliphatic rings. The molecule has 2 aliphatic heterocycles. The van der Waals surface area contributed by atoms with Gasteiger partial charge >= 0.3 is 12.2 Å². The number of nitriles is 1. The highest BCUT2D eigenvalue weighted by molar-refractivity contribution is 5.89. The number of ether oxygens (including phenoxy) is 2. The molecule has 0 spiro atoms. The molecule has 1 aromatic heterocycles. The Balaban J connectivity index is 1.24. The molecule has 33 heavy (non-hydrogen) atoms. The molecule has 1 unspecified atom stereocenters. The van der Waals surface area contributed by atoms with Gasteiger partial charge in [-0.3, -0.25) is 4.90 Å². The van der Waals surface area contributed by atoms with Crippen molar-refractivity contribution in [3.8, 4) is 6.07 Å². The summed E-state index contributed by atoms with van der Waals surface area (Å²) in [6.45, 7) is 7.41. The van der Waals surface area contributed by atoms with Gasteiger partial charge in [-0.2, -0.15) is 5.26 Å². The third-order valence-electron chi connectivity index (χ3n) is 6.61. The average molecular weight is 450 g/mol. The maximum absolute atomic E-state index is 12.4. The van der Waals surface area contributed by atoms with Crippen LogP contribution in [0.5, 0.6) is 0 Å². The van der Waals surface area contributed by atoms with Crippen LogP contribution in [0.4, 0.5) is 15.3 Å². The zero-order valence-electron chi connectivity index (χ0n) is 18.8. The van der Waals surface area contributed by atoms with Crippen molar-refractivity contribution in [2.75, 3.05) is 24.5 Å². The molecule has 2 aromatic rings. The molecule has 1 aliphatic carbocycles. The van der Waals surface area contributed by atoms with Crippen LogP contribution in [0.25, 0.3) is 0 Å². The van der Waals surface area contributed by atoms with Crippen LogP contribution in [0.15, 0.2) is 36.7 Å². The number of hydrogen-bond acceptors (Lipinski definition) is 7. The van der Waals surface area contributed by atoms with Crippen molar-refractivity contribution < 1.29 is 19.1 Å². The van der Waals surface area contributed by atoms with E-state index < -0.39 is 17.1 Å². The second-order valence-electron chi connectivity index (χ2n) is 9.87. The van der Waals surface area contributed by atoms with Crippen LogP contribution in [-0.4, -0.2) is 63.4 Å². The van der Waals surface area contributed by atoms with E-state index in [2.05, 4.69) is 16.4 Å². The Kier molecular flexibility index (Phi) is 4.81. The summed E-state index contributed by atoms with van der Waals surface area (Å²) < 4.78 is 12.6. The molecule has 10 nitrogen and oxygen atoms in total. The normalized spacial score (nSPS) is 28.3. The molecule has 0 N–H and O–H groups in total. The van der Waals surface area contributed by atoms with Crippen molar-refractivity contribution in [2.24, 2.45) is 11.8 Å². The lowest BCUT2D eigenvalue weighted by Gasteiger charge is -2.27. The first-order chi connectivity index (χ1) is 15.7. The zero-order valence-corrected chi connectivity index (χ0v) is 18.8. The Morgan fingerprint density at radius 1 is 1.24 bits per heavy atom. The molecule has 4 atom stereocenters. The number of rotatable bonds is 4. The highest BCUT2D eigenvalue weighted by Crippen LogP contribution is 2.63. The summed E-state index contributed by atoms with van der Waals surface area (Å²) in [4.78, 5) is 28.0. The number of cyclic esters (lactones) is 1. The van der Waals surface area contributed by atoms with Crippen LogP contribution in [-0.2, 0) is 21.4 Å². The van der Waals surface area contributed by atoms with E-state index in [1.807, 2.05) is 45.0 Å². The number of likely N-dealkylation sites (tertiary alicyclic amines) is 1. The summed E-state index contributed by atoms with van der Waals surface area (Å²) in [7, 11) is 0. The molecule has 2 amide bonds. The second kappa shape index (κ2) is 7.47. The summed E-state index contributed by atoms with van der Waals surface area (Å²) in [5, 5.41) is 17.7. The van der Waals surface area contributed by atoms with Gasteiger partial charge in [0.05, 0.1) is 30.8 Å². The van der Waals surface area contributed by atoms with E-state index in [1.165, 1.54) is 0 Å². The lowest BCUT2D eigenvalue weighted by molar-refractivity contribution is 0.0266. The summed E-state index contributed by atoms with van der Waals surface area (Å²) in [5.41, 5.74) is 0.494. The van der Waals surface area contributed by atoms with E-state index in [-0.39, 0.29) is 24.0 Å². The second-order valence-corrected chi connectivity index (χ2v) is 9.87. The molecule has 0 bridgehead atoms. The predicted octanol–water partition coefficient (Wildman–Crippen LogP) is 2.56. The molecule has 3 heterocycles. The van der Waals surface area contributed by atoms with Gasteiger partial charge < -0.3 is 14.4 Å². The van der Waals surface area contributed by atoms with Crippen LogP contribution >= 0.6 is 0 Å². The third-order valence-corrected chi connectivity index (χ3v) is 6.61. The highest BCUT2D eigenvalue weighted by atomic mass is 16.6. The first-order valence-corrected chi connectivity index (χ1v) is 11.0. The van der Waals surface area contributed by atoms with E-state index in [9.17, 15) is 14.9 Å². The monoisotopic (exact) mass is 450 g/mol. The minimum atomic E-state index is -0.599. The van der Waals surface area contributed by atoms with Crippen molar-refractivity contribution in [3.05, 3.63) is 42.2 Å². The number of carbonyl (C=O) groups excluding carboxylic acids is 2. The quantitative estimate of drug-likeness (QED) is 0.703. The van der Waals surface area contributed by atoms with Crippen molar-refractivity contribution in [3.63, 3.8) is 0 Å². The smallest absolute Gasteiger partial charge is 0.414 e. The SMILES string of the molecule is CC(C)(C)OC(=O)N1C[C@@H]2[C@H](C1)C2(C#N)c1ccc(N2C[C@H](Cn3ccnn3)OC2=O)cc1. The summed E-state index contributed by atoms with van der Waals surface area (Å²) >= 11 is 0. The molecule has 172 valence electrons. The van der Waals surface area contributed by atoms with Gasteiger partial charge in [0.2, 0.25) is 0 Å². The molecular formula is C23H26N6O4. The summed E-state index contributed by atoms with van der Waals surface area (Å²) in [5.74, 6) is 0.175. The lowest BCUT2D eigenvalue weighted by Crippen LogP contribution is -2.38. The van der Waals surface area contributed by atoms with Gasteiger partial charge in [-0.25, -0.2) is 14.3 Å². The lowest BCUT2D eigenvalue weighted by atomic mass is 9.91. The number of fused-ring (bicyclic) bond motifs is 1. The Labute approximate surface area is 191 Å². The van der Waals surface area contributed by atoms with Crippen LogP contribution in [0.2, 0.25) is 0 Å². The van der Waals surface area contributed by atoms with E-state index in [0.29, 0.717) is 26.2 Å². The first kappa shape index (κ1) is 21.2. The number of nitrogens with zero attached hydrogens (tertiary/aromatic N) is 6. The summed E-state index contributed by atoms with van der Waals surface area (Å²) in [6.07, 6.45) is 2.26. The Bertz CT molecular complexity index is 1090. The highest BCUT2D eigenvalue weighted by Gasteiger charge is 2.70. The largest absolute Gasteiger partial charge is 0.444 e. The number of piperidine rings is 1.